The highest BCUT2D eigenvalue weighted by Crippen LogP contribution is 2.35. The summed E-state index contributed by atoms with van der Waals surface area (Å²) in [4.78, 5) is 10.0. The molecule has 0 aromatic rings. The van der Waals surface area contributed by atoms with Gasteiger partial charge in [-0.2, -0.15) is 0 Å². The lowest BCUT2D eigenvalue weighted by Crippen LogP contribution is -2.40. The Morgan fingerprint density at radius 3 is 1.25 bits per heavy atom. The van der Waals surface area contributed by atoms with Gasteiger partial charge in [0.2, 0.25) is 0 Å². The first-order chi connectivity index (χ1) is 5.19. The molecule has 0 aromatic heterocycles. The smallest absolute Gasteiger partial charge is 0.103 e. The van der Waals surface area contributed by atoms with Crippen molar-refractivity contribution in [2.45, 2.75) is 47.6 Å². The Labute approximate surface area is 76.2 Å². The van der Waals surface area contributed by atoms with E-state index in [9.17, 15) is 0 Å². The summed E-state index contributed by atoms with van der Waals surface area (Å²) in [6.07, 6.45) is 0.106. The van der Waals surface area contributed by atoms with E-state index in [-0.39, 0.29) is 16.9 Å². The molecule has 0 N–H and O–H groups in total. The quantitative estimate of drug-likeness (QED) is 0.473. The SMILES string of the molecule is COOC(C(C)(C)C)C(C)(C)C. The molecule has 0 atom stereocenters. The van der Waals surface area contributed by atoms with Gasteiger partial charge in [-0.15, -0.1) is 0 Å². The first-order valence-electron chi connectivity index (χ1n) is 4.39. The van der Waals surface area contributed by atoms with Crippen LogP contribution in [0.2, 0.25) is 0 Å². The van der Waals surface area contributed by atoms with Gasteiger partial charge in [0.1, 0.15) is 6.10 Å². The van der Waals surface area contributed by atoms with E-state index in [4.69, 9.17) is 9.78 Å². The molecular weight excluding hydrogens is 152 g/mol. The van der Waals surface area contributed by atoms with Crippen molar-refractivity contribution in [3.05, 3.63) is 0 Å². The standard InChI is InChI=1S/C10H22O2/c1-9(2,3)8(12-11-7)10(4,5)6/h8H,1-7H3. The Balaban J connectivity index is 4.45. The molecule has 0 aliphatic heterocycles. The topological polar surface area (TPSA) is 18.5 Å². The Morgan fingerprint density at radius 2 is 1.17 bits per heavy atom. The lowest BCUT2D eigenvalue weighted by molar-refractivity contribution is -0.342. The Morgan fingerprint density at radius 1 is 0.833 bits per heavy atom. The number of rotatable bonds is 2. The minimum atomic E-state index is 0.105. The second-order valence-electron chi connectivity index (χ2n) is 5.37. The number of hydrogen-bond acceptors (Lipinski definition) is 2. The third-order valence-electron chi connectivity index (χ3n) is 1.77. The first-order valence-corrected chi connectivity index (χ1v) is 4.39. The molecule has 0 radical (unpaired) electrons. The van der Waals surface area contributed by atoms with Gasteiger partial charge < -0.3 is 0 Å². The van der Waals surface area contributed by atoms with Crippen molar-refractivity contribution < 1.29 is 9.78 Å². The van der Waals surface area contributed by atoms with Crippen molar-refractivity contribution in [1.82, 2.24) is 0 Å². The van der Waals surface area contributed by atoms with E-state index >= 15 is 0 Å². The van der Waals surface area contributed by atoms with Crippen molar-refractivity contribution in [3.63, 3.8) is 0 Å². The van der Waals surface area contributed by atoms with Crippen LogP contribution in [-0.2, 0) is 9.78 Å². The monoisotopic (exact) mass is 174 g/mol. The van der Waals surface area contributed by atoms with Gasteiger partial charge in [-0.25, -0.2) is 9.78 Å². The Bertz CT molecular complexity index is 114. The molecule has 0 saturated heterocycles. The van der Waals surface area contributed by atoms with Crippen LogP contribution < -0.4 is 0 Å². The van der Waals surface area contributed by atoms with Gasteiger partial charge in [-0.3, -0.25) is 0 Å². The number of hydrogen-bond donors (Lipinski definition) is 0. The van der Waals surface area contributed by atoms with E-state index in [0.29, 0.717) is 0 Å². The molecule has 2 nitrogen and oxygen atoms in total. The largest absolute Gasteiger partial charge is 0.240 e. The van der Waals surface area contributed by atoms with Crippen LogP contribution in [0.1, 0.15) is 41.5 Å². The van der Waals surface area contributed by atoms with Crippen molar-refractivity contribution >= 4 is 0 Å². The summed E-state index contributed by atoms with van der Waals surface area (Å²) in [5, 5.41) is 0. The van der Waals surface area contributed by atoms with Crippen LogP contribution in [0.3, 0.4) is 0 Å². The maximum Gasteiger partial charge on any atom is 0.103 e. The predicted octanol–water partition coefficient (Wildman–Crippen LogP) is 3.03. The van der Waals surface area contributed by atoms with Crippen LogP contribution in [0.15, 0.2) is 0 Å². The zero-order valence-corrected chi connectivity index (χ0v) is 9.39. The van der Waals surface area contributed by atoms with Crippen molar-refractivity contribution in [1.29, 1.82) is 0 Å². The van der Waals surface area contributed by atoms with Gasteiger partial charge in [-0.05, 0) is 10.8 Å². The molecule has 0 aliphatic carbocycles. The highest BCUT2D eigenvalue weighted by molar-refractivity contribution is 4.83. The third-order valence-corrected chi connectivity index (χ3v) is 1.77. The van der Waals surface area contributed by atoms with Gasteiger partial charge in [-0.1, -0.05) is 41.5 Å². The molecule has 0 aliphatic rings. The van der Waals surface area contributed by atoms with Crippen LogP contribution in [-0.4, -0.2) is 13.2 Å². The zero-order valence-electron chi connectivity index (χ0n) is 9.39. The molecule has 0 bridgehead atoms. The van der Waals surface area contributed by atoms with E-state index in [1.165, 1.54) is 0 Å². The van der Waals surface area contributed by atoms with Crippen molar-refractivity contribution in [2.24, 2.45) is 10.8 Å². The molecule has 0 heterocycles. The molecule has 2 heteroatoms. The molecular formula is C10H22O2. The molecule has 0 rings (SSSR count). The summed E-state index contributed by atoms with van der Waals surface area (Å²) < 4.78 is 0. The maximum atomic E-state index is 5.27. The molecule has 0 aromatic carbocycles. The summed E-state index contributed by atoms with van der Waals surface area (Å²) in [5.41, 5.74) is 0.211. The summed E-state index contributed by atoms with van der Waals surface area (Å²) in [5.74, 6) is 0. The zero-order chi connectivity index (χ0) is 9.99. The second-order valence-corrected chi connectivity index (χ2v) is 5.37. The van der Waals surface area contributed by atoms with Gasteiger partial charge in [0.25, 0.3) is 0 Å². The van der Waals surface area contributed by atoms with E-state index in [1.807, 2.05) is 0 Å². The van der Waals surface area contributed by atoms with Crippen LogP contribution >= 0.6 is 0 Å². The van der Waals surface area contributed by atoms with E-state index < -0.39 is 0 Å². The van der Waals surface area contributed by atoms with Gasteiger partial charge in [0.05, 0.1) is 7.11 Å². The van der Waals surface area contributed by atoms with E-state index in [1.54, 1.807) is 7.11 Å². The van der Waals surface area contributed by atoms with Crippen LogP contribution in [0.4, 0.5) is 0 Å². The molecule has 0 unspecified atom stereocenters. The fraction of sp³-hybridized carbons (Fsp3) is 1.00. The summed E-state index contributed by atoms with van der Waals surface area (Å²) in [7, 11) is 1.56. The average Bonchev–Trinajstić information content (AvgIpc) is 1.77. The molecule has 74 valence electrons. The molecule has 0 saturated carbocycles. The van der Waals surface area contributed by atoms with Gasteiger partial charge in [0.15, 0.2) is 0 Å². The van der Waals surface area contributed by atoms with E-state index in [0.717, 1.165) is 0 Å². The molecule has 0 amide bonds. The summed E-state index contributed by atoms with van der Waals surface area (Å²) in [6, 6.07) is 0. The molecule has 0 fully saturated rings. The van der Waals surface area contributed by atoms with E-state index in [2.05, 4.69) is 41.5 Å². The Kier molecular flexibility index (Phi) is 3.73. The minimum absolute atomic E-state index is 0.105. The molecule has 12 heavy (non-hydrogen) atoms. The van der Waals surface area contributed by atoms with Gasteiger partial charge in [0, 0.05) is 0 Å². The minimum Gasteiger partial charge on any atom is -0.240 e. The fourth-order valence-electron chi connectivity index (χ4n) is 1.68. The predicted molar refractivity (Wildman–Crippen MR) is 50.8 cm³/mol. The fourth-order valence-corrected chi connectivity index (χ4v) is 1.68. The highest BCUT2D eigenvalue weighted by Gasteiger charge is 2.36. The Hall–Kier alpha value is -0.0800. The van der Waals surface area contributed by atoms with Crippen LogP contribution in [0.25, 0.3) is 0 Å². The normalized spacial score (nSPS) is 14.0. The summed E-state index contributed by atoms with van der Waals surface area (Å²) >= 11 is 0. The lowest BCUT2D eigenvalue weighted by Gasteiger charge is -2.38. The van der Waals surface area contributed by atoms with Crippen molar-refractivity contribution in [2.75, 3.05) is 7.11 Å². The maximum absolute atomic E-state index is 5.27. The van der Waals surface area contributed by atoms with Crippen molar-refractivity contribution in [3.8, 4) is 0 Å². The first kappa shape index (κ1) is 11.9. The van der Waals surface area contributed by atoms with Crippen LogP contribution in [0.5, 0.6) is 0 Å². The van der Waals surface area contributed by atoms with Gasteiger partial charge >= 0.3 is 0 Å². The third kappa shape index (κ3) is 3.55. The lowest BCUT2D eigenvalue weighted by atomic mass is 9.74. The highest BCUT2D eigenvalue weighted by atomic mass is 17.2. The summed E-state index contributed by atoms with van der Waals surface area (Å²) in [6.45, 7) is 12.9. The average molecular weight is 174 g/mol. The molecule has 0 spiro atoms. The van der Waals surface area contributed by atoms with Crippen LogP contribution in [0, 0.1) is 10.8 Å². The second kappa shape index (κ2) is 3.75.